The zero-order valence-corrected chi connectivity index (χ0v) is 7.83. The van der Waals surface area contributed by atoms with Gasteiger partial charge in [0, 0.05) is 0 Å². The number of hydrogen-bond acceptors (Lipinski definition) is 1. The van der Waals surface area contributed by atoms with E-state index in [0.717, 1.165) is 0 Å². The molecule has 0 saturated carbocycles. The summed E-state index contributed by atoms with van der Waals surface area (Å²) in [6.45, 7) is 5.56. The van der Waals surface area contributed by atoms with Gasteiger partial charge in [-0.05, 0) is 11.0 Å². The molecule has 1 N–H and O–H groups in total. The molecule has 1 nitrogen and oxygen atoms in total. The molecule has 66 valence electrons. The van der Waals surface area contributed by atoms with Gasteiger partial charge in [0.15, 0.2) is 0 Å². The molecule has 1 atom stereocenters. The molecule has 1 aromatic rings. The molecule has 0 bridgehead atoms. The van der Waals surface area contributed by atoms with Gasteiger partial charge in [-0.3, -0.25) is 0 Å². The van der Waals surface area contributed by atoms with E-state index in [1.165, 1.54) is 0 Å². The van der Waals surface area contributed by atoms with E-state index in [1.807, 2.05) is 39.0 Å². The number of aliphatic hydroxyl groups is 1. The molecule has 0 spiro atoms. The standard InChI is InChI=1S/C11H16O/c1-11(2,3)10(12)9-7-5-4-6-8-9/h4-8,10,12H,1-3H3/i10D. The van der Waals surface area contributed by atoms with Crippen LogP contribution in [0.2, 0.25) is 0 Å². The molecule has 0 aliphatic carbocycles. The van der Waals surface area contributed by atoms with Gasteiger partial charge in [0.1, 0.15) is 0 Å². The molecule has 0 aromatic heterocycles. The van der Waals surface area contributed by atoms with Crippen LogP contribution in [-0.4, -0.2) is 5.11 Å². The summed E-state index contributed by atoms with van der Waals surface area (Å²) in [4.78, 5) is 0. The molecule has 0 fully saturated rings. The van der Waals surface area contributed by atoms with Crippen LogP contribution in [0.1, 0.15) is 33.8 Å². The molecule has 12 heavy (non-hydrogen) atoms. The molecular weight excluding hydrogens is 148 g/mol. The summed E-state index contributed by atoms with van der Waals surface area (Å²) in [5, 5.41) is 9.99. The van der Waals surface area contributed by atoms with Crippen molar-refractivity contribution in [3.63, 3.8) is 0 Å². The van der Waals surface area contributed by atoms with Crippen LogP contribution < -0.4 is 0 Å². The first-order chi connectivity index (χ1) is 5.86. The van der Waals surface area contributed by atoms with Crippen molar-refractivity contribution in [2.45, 2.75) is 26.9 Å². The molecule has 0 saturated heterocycles. The second-order valence-corrected chi connectivity index (χ2v) is 3.96. The molecular formula is C11H16O. The predicted molar refractivity (Wildman–Crippen MR) is 50.9 cm³/mol. The van der Waals surface area contributed by atoms with Crippen LogP contribution in [0.3, 0.4) is 0 Å². The first kappa shape index (κ1) is 7.81. The molecule has 1 heteroatoms. The number of benzene rings is 1. The largest absolute Gasteiger partial charge is 0.388 e. The molecule has 0 heterocycles. The Hall–Kier alpha value is -0.820. The van der Waals surface area contributed by atoms with Crippen molar-refractivity contribution < 1.29 is 6.48 Å². The fourth-order valence-electron chi connectivity index (χ4n) is 1.03. The average molecular weight is 165 g/mol. The van der Waals surface area contributed by atoms with Crippen molar-refractivity contribution in [3.05, 3.63) is 35.9 Å². The Bertz CT molecular complexity index is 272. The van der Waals surface area contributed by atoms with Crippen LogP contribution >= 0.6 is 0 Å². The van der Waals surface area contributed by atoms with E-state index in [4.69, 9.17) is 1.37 Å². The van der Waals surface area contributed by atoms with Gasteiger partial charge in [0.2, 0.25) is 0 Å². The SMILES string of the molecule is [2H]C(O)(c1ccccc1)C(C)(C)C. The normalized spacial score (nSPS) is 18.2. The van der Waals surface area contributed by atoms with E-state index in [2.05, 4.69) is 0 Å². The summed E-state index contributed by atoms with van der Waals surface area (Å²) in [6, 6.07) is 9.10. The summed E-state index contributed by atoms with van der Waals surface area (Å²) in [7, 11) is 0. The number of hydrogen-bond donors (Lipinski definition) is 1. The summed E-state index contributed by atoms with van der Waals surface area (Å²) in [5.74, 6) is 0. The van der Waals surface area contributed by atoms with Gasteiger partial charge in [-0.15, -0.1) is 0 Å². The highest BCUT2D eigenvalue weighted by atomic mass is 16.3. The van der Waals surface area contributed by atoms with Gasteiger partial charge < -0.3 is 5.11 Å². The minimum Gasteiger partial charge on any atom is -0.388 e. The van der Waals surface area contributed by atoms with E-state index in [0.29, 0.717) is 5.56 Å². The van der Waals surface area contributed by atoms with Gasteiger partial charge in [-0.25, -0.2) is 0 Å². The van der Waals surface area contributed by atoms with Crippen LogP contribution in [0.15, 0.2) is 30.3 Å². The third-order valence-electron chi connectivity index (χ3n) is 1.76. The van der Waals surface area contributed by atoms with E-state index < -0.39 is 11.5 Å². The van der Waals surface area contributed by atoms with Crippen molar-refractivity contribution >= 4 is 0 Å². The highest BCUT2D eigenvalue weighted by Crippen LogP contribution is 2.31. The van der Waals surface area contributed by atoms with Gasteiger partial charge in [-0.2, -0.15) is 0 Å². The molecule has 1 aromatic carbocycles. The van der Waals surface area contributed by atoms with Crippen molar-refractivity contribution in [1.82, 2.24) is 0 Å². The smallest absolute Gasteiger partial charge is 0.0838 e. The Morgan fingerprint density at radius 1 is 1.25 bits per heavy atom. The van der Waals surface area contributed by atoms with Gasteiger partial charge >= 0.3 is 0 Å². The fourth-order valence-corrected chi connectivity index (χ4v) is 1.03. The van der Waals surface area contributed by atoms with Crippen molar-refractivity contribution in [2.24, 2.45) is 5.41 Å². The van der Waals surface area contributed by atoms with Crippen LogP contribution in [0.4, 0.5) is 0 Å². The van der Waals surface area contributed by atoms with Crippen molar-refractivity contribution in [2.75, 3.05) is 0 Å². The van der Waals surface area contributed by atoms with E-state index in [1.54, 1.807) is 12.1 Å². The van der Waals surface area contributed by atoms with Crippen LogP contribution in [0, 0.1) is 5.41 Å². The average Bonchev–Trinajstić information content (AvgIpc) is 2.04. The van der Waals surface area contributed by atoms with Crippen LogP contribution in [0.5, 0.6) is 0 Å². The number of rotatable bonds is 1. The summed E-state index contributed by atoms with van der Waals surface area (Å²) >= 11 is 0. The van der Waals surface area contributed by atoms with Crippen molar-refractivity contribution in [3.8, 4) is 0 Å². The Kier molecular flexibility index (Phi) is 2.13. The minimum absolute atomic E-state index is 0.478. The molecule has 0 aliphatic heterocycles. The Labute approximate surface area is 75.5 Å². The lowest BCUT2D eigenvalue weighted by Gasteiger charge is -2.25. The predicted octanol–water partition coefficient (Wildman–Crippen LogP) is 2.77. The highest BCUT2D eigenvalue weighted by molar-refractivity contribution is 5.18. The first-order valence-electron chi connectivity index (χ1n) is 4.63. The maximum absolute atomic E-state index is 9.99. The quantitative estimate of drug-likeness (QED) is 0.678. The zero-order chi connectivity index (χ0) is 10.1. The molecule has 0 aliphatic rings. The highest BCUT2D eigenvalue weighted by Gasteiger charge is 2.22. The minimum atomic E-state index is -1.52. The molecule has 0 radical (unpaired) electrons. The van der Waals surface area contributed by atoms with Gasteiger partial charge in [0.05, 0.1) is 7.45 Å². The second-order valence-electron chi connectivity index (χ2n) is 3.96. The maximum atomic E-state index is 9.99. The topological polar surface area (TPSA) is 20.2 Å². The third-order valence-corrected chi connectivity index (χ3v) is 1.76. The van der Waals surface area contributed by atoms with Gasteiger partial charge in [0.25, 0.3) is 0 Å². The van der Waals surface area contributed by atoms with Crippen molar-refractivity contribution in [1.29, 1.82) is 0 Å². The second kappa shape index (κ2) is 3.28. The summed E-state index contributed by atoms with van der Waals surface area (Å²) in [5.41, 5.74) is 0.163. The molecule has 1 unspecified atom stereocenters. The maximum Gasteiger partial charge on any atom is 0.0838 e. The summed E-state index contributed by atoms with van der Waals surface area (Å²) < 4.78 is 7.87. The first-order valence-corrected chi connectivity index (χ1v) is 4.13. The van der Waals surface area contributed by atoms with E-state index >= 15 is 0 Å². The lowest BCUT2D eigenvalue weighted by atomic mass is 9.85. The molecule has 1 rings (SSSR count). The molecule has 0 amide bonds. The monoisotopic (exact) mass is 165 g/mol. The lowest BCUT2D eigenvalue weighted by molar-refractivity contribution is 0.0627. The Morgan fingerprint density at radius 2 is 1.75 bits per heavy atom. The summed E-state index contributed by atoms with van der Waals surface area (Å²) in [6.07, 6.45) is -1.52. The third kappa shape index (κ3) is 2.08. The fraction of sp³-hybridized carbons (Fsp3) is 0.455. The zero-order valence-electron chi connectivity index (χ0n) is 8.83. The Morgan fingerprint density at radius 3 is 2.17 bits per heavy atom. The lowest BCUT2D eigenvalue weighted by Crippen LogP contribution is -2.17. The van der Waals surface area contributed by atoms with Gasteiger partial charge in [-0.1, -0.05) is 51.1 Å². The van der Waals surface area contributed by atoms with Crippen LogP contribution in [0.25, 0.3) is 0 Å². The van der Waals surface area contributed by atoms with E-state index in [-0.39, 0.29) is 0 Å². The van der Waals surface area contributed by atoms with E-state index in [9.17, 15) is 5.11 Å². The van der Waals surface area contributed by atoms with Crippen LogP contribution in [-0.2, 0) is 0 Å². The Balaban J connectivity index is 3.08.